The van der Waals surface area contributed by atoms with E-state index in [9.17, 15) is 0 Å². The van der Waals surface area contributed by atoms with E-state index >= 15 is 0 Å². The van der Waals surface area contributed by atoms with E-state index in [4.69, 9.17) is 4.42 Å². The molecule has 0 saturated carbocycles. The molecule has 4 heteroatoms. The van der Waals surface area contributed by atoms with Crippen LogP contribution in [0.15, 0.2) is 34.3 Å². The molecule has 3 nitrogen and oxygen atoms in total. The highest BCUT2D eigenvalue weighted by Crippen LogP contribution is 2.15. The van der Waals surface area contributed by atoms with Gasteiger partial charge in [-0.1, -0.05) is 6.08 Å². The van der Waals surface area contributed by atoms with Crippen molar-refractivity contribution in [3.63, 3.8) is 0 Å². The van der Waals surface area contributed by atoms with Crippen LogP contribution in [0.25, 0.3) is 6.08 Å². The Balaban J connectivity index is 1.79. The molecule has 0 amide bonds. The standard InChI is InChI=1S/C13H16N2OS/c1-10(13-9-17-11(2)15-13)14-7-3-5-12-6-4-8-16-12/h3-6,8-10,14H,7H2,1-2H3/b5-3+/t10-/m0/s1. The third-order valence-electron chi connectivity index (χ3n) is 2.45. The Kier molecular flexibility index (Phi) is 4.12. The Morgan fingerprint density at radius 3 is 3.12 bits per heavy atom. The zero-order valence-corrected chi connectivity index (χ0v) is 10.8. The molecule has 2 heterocycles. The first-order valence-electron chi connectivity index (χ1n) is 5.61. The van der Waals surface area contributed by atoms with Crippen LogP contribution in [-0.2, 0) is 0 Å². The van der Waals surface area contributed by atoms with E-state index in [0.29, 0.717) is 0 Å². The van der Waals surface area contributed by atoms with Gasteiger partial charge in [-0.05, 0) is 32.1 Å². The summed E-state index contributed by atoms with van der Waals surface area (Å²) in [5.41, 5.74) is 1.11. The smallest absolute Gasteiger partial charge is 0.126 e. The monoisotopic (exact) mass is 248 g/mol. The zero-order valence-electron chi connectivity index (χ0n) is 10.0. The van der Waals surface area contributed by atoms with Crippen molar-refractivity contribution in [3.8, 4) is 0 Å². The van der Waals surface area contributed by atoms with Gasteiger partial charge < -0.3 is 9.73 Å². The third kappa shape index (κ3) is 3.54. The van der Waals surface area contributed by atoms with Crippen LogP contribution in [0.4, 0.5) is 0 Å². The number of rotatable bonds is 5. The van der Waals surface area contributed by atoms with Gasteiger partial charge in [-0.15, -0.1) is 11.3 Å². The molecule has 0 aliphatic heterocycles. The lowest BCUT2D eigenvalue weighted by atomic mass is 10.2. The molecule has 2 aromatic heterocycles. The minimum atomic E-state index is 0.279. The second kappa shape index (κ2) is 5.80. The van der Waals surface area contributed by atoms with Crippen LogP contribution in [0.5, 0.6) is 0 Å². The van der Waals surface area contributed by atoms with Crippen molar-refractivity contribution in [2.24, 2.45) is 0 Å². The zero-order chi connectivity index (χ0) is 12.1. The second-order valence-corrected chi connectivity index (χ2v) is 4.90. The molecule has 0 aromatic carbocycles. The Morgan fingerprint density at radius 1 is 1.59 bits per heavy atom. The number of aromatic nitrogens is 1. The van der Waals surface area contributed by atoms with Crippen molar-refractivity contribution in [1.82, 2.24) is 10.3 Å². The molecule has 1 N–H and O–H groups in total. The molecule has 2 aromatic rings. The maximum atomic E-state index is 5.20. The Morgan fingerprint density at radius 2 is 2.47 bits per heavy atom. The molecule has 1 atom stereocenters. The van der Waals surface area contributed by atoms with Gasteiger partial charge in [0.25, 0.3) is 0 Å². The van der Waals surface area contributed by atoms with E-state index in [1.165, 1.54) is 0 Å². The van der Waals surface area contributed by atoms with Gasteiger partial charge in [0.15, 0.2) is 0 Å². The molecule has 0 saturated heterocycles. The number of aryl methyl sites for hydroxylation is 1. The van der Waals surface area contributed by atoms with Gasteiger partial charge in [0.05, 0.1) is 17.0 Å². The van der Waals surface area contributed by atoms with Crippen LogP contribution < -0.4 is 5.32 Å². The van der Waals surface area contributed by atoms with Gasteiger partial charge in [-0.25, -0.2) is 4.98 Å². The van der Waals surface area contributed by atoms with Gasteiger partial charge in [0, 0.05) is 18.0 Å². The van der Waals surface area contributed by atoms with Crippen LogP contribution in [0.1, 0.15) is 29.4 Å². The Labute approximate surface area is 105 Å². The van der Waals surface area contributed by atoms with E-state index < -0.39 is 0 Å². The minimum Gasteiger partial charge on any atom is -0.465 e. The van der Waals surface area contributed by atoms with Gasteiger partial charge >= 0.3 is 0 Å². The predicted molar refractivity (Wildman–Crippen MR) is 71.0 cm³/mol. The van der Waals surface area contributed by atoms with E-state index in [1.54, 1.807) is 17.6 Å². The summed E-state index contributed by atoms with van der Waals surface area (Å²) in [7, 11) is 0. The van der Waals surface area contributed by atoms with Gasteiger partial charge in [-0.2, -0.15) is 0 Å². The largest absolute Gasteiger partial charge is 0.465 e. The molecule has 17 heavy (non-hydrogen) atoms. The average Bonchev–Trinajstić information content (AvgIpc) is 2.95. The number of hydrogen-bond acceptors (Lipinski definition) is 4. The number of thiazole rings is 1. The highest BCUT2D eigenvalue weighted by molar-refractivity contribution is 7.09. The predicted octanol–water partition coefficient (Wildman–Crippen LogP) is 3.41. The number of hydrogen-bond donors (Lipinski definition) is 1. The molecule has 0 radical (unpaired) electrons. The normalized spacial score (nSPS) is 13.3. The van der Waals surface area contributed by atoms with E-state index in [-0.39, 0.29) is 6.04 Å². The minimum absolute atomic E-state index is 0.279. The lowest BCUT2D eigenvalue weighted by Crippen LogP contribution is -2.18. The van der Waals surface area contributed by atoms with E-state index in [0.717, 1.165) is 23.0 Å². The summed E-state index contributed by atoms with van der Waals surface area (Å²) in [6, 6.07) is 4.10. The highest BCUT2D eigenvalue weighted by Gasteiger charge is 2.06. The molecule has 0 unspecified atom stereocenters. The molecule has 0 spiro atoms. The Bertz CT molecular complexity index is 473. The molecule has 0 aliphatic rings. The van der Waals surface area contributed by atoms with Crippen LogP contribution in [0.3, 0.4) is 0 Å². The molecule has 90 valence electrons. The van der Waals surface area contributed by atoms with Gasteiger partial charge in [-0.3, -0.25) is 0 Å². The molecular formula is C13H16N2OS. The lowest BCUT2D eigenvalue weighted by molar-refractivity contribution is 0.556. The SMILES string of the molecule is Cc1nc([C@H](C)NC/C=C/c2ccco2)cs1. The quantitative estimate of drug-likeness (QED) is 0.881. The van der Waals surface area contributed by atoms with Crippen LogP contribution in [-0.4, -0.2) is 11.5 Å². The molecule has 0 fully saturated rings. The van der Waals surface area contributed by atoms with Crippen molar-refractivity contribution in [1.29, 1.82) is 0 Å². The number of nitrogens with zero attached hydrogens (tertiary/aromatic N) is 1. The van der Waals surface area contributed by atoms with Crippen LogP contribution in [0, 0.1) is 6.92 Å². The van der Waals surface area contributed by atoms with Gasteiger partial charge in [0.1, 0.15) is 5.76 Å². The maximum absolute atomic E-state index is 5.20. The van der Waals surface area contributed by atoms with Crippen molar-refractivity contribution in [3.05, 3.63) is 46.3 Å². The van der Waals surface area contributed by atoms with Crippen molar-refractivity contribution in [2.75, 3.05) is 6.54 Å². The fourth-order valence-corrected chi connectivity index (χ4v) is 2.20. The summed E-state index contributed by atoms with van der Waals surface area (Å²) >= 11 is 1.69. The first-order chi connectivity index (χ1) is 8.25. The van der Waals surface area contributed by atoms with Crippen LogP contribution >= 0.6 is 11.3 Å². The fourth-order valence-electron chi connectivity index (χ4n) is 1.49. The van der Waals surface area contributed by atoms with E-state index in [1.807, 2.05) is 25.1 Å². The first-order valence-corrected chi connectivity index (χ1v) is 6.49. The molecule has 0 aliphatic carbocycles. The summed E-state index contributed by atoms with van der Waals surface area (Å²) in [5.74, 6) is 0.879. The molecular weight excluding hydrogens is 232 g/mol. The van der Waals surface area contributed by atoms with Crippen molar-refractivity contribution >= 4 is 17.4 Å². The Hall–Kier alpha value is -1.39. The molecule has 0 bridgehead atoms. The average molecular weight is 248 g/mol. The summed E-state index contributed by atoms with van der Waals surface area (Å²) < 4.78 is 5.20. The fraction of sp³-hybridized carbons (Fsp3) is 0.308. The lowest BCUT2D eigenvalue weighted by Gasteiger charge is -2.08. The van der Waals surface area contributed by atoms with Crippen molar-refractivity contribution in [2.45, 2.75) is 19.9 Å². The van der Waals surface area contributed by atoms with Gasteiger partial charge in [0.2, 0.25) is 0 Å². The summed E-state index contributed by atoms with van der Waals surface area (Å²) in [6.45, 7) is 4.95. The first kappa shape index (κ1) is 12.1. The second-order valence-electron chi connectivity index (χ2n) is 3.84. The highest BCUT2D eigenvalue weighted by atomic mass is 32.1. The maximum Gasteiger partial charge on any atom is 0.126 e. The van der Waals surface area contributed by atoms with E-state index in [2.05, 4.69) is 28.7 Å². The number of nitrogens with one attached hydrogen (secondary N) is 1. The number of furan rings is 1. The summed E-state index contributed by atoms with van der Waals surface area (Å²) in [5, 5.41) is 6.60. The third-order valence-corrected chi connectivity index (χ3v) is 3.24. The molecule has 2 rings (SSSR count). The van der Waals surface area contributed by atoms with Crippen LogP contribution in [0.2, 0.25) is 0 Å². The summed E-state index contributed by atoms with van der Waals surface area (Å²) in [6.07, 6.45) is 5.69. The van der Waals surface area contributed by atoms with Crippen molar-refractivity contribution < 1.29 is 4.42 Å². The topological polar surface area (TPSA) is 38.1 Å². The summed E-state index contributed by atoms with van der Waals surface area (Å²) in [4.78, 5) is 4.45.